The van der Waals surface area contributed by atoms with Gasteiger partial charge in [0.15, 0.2) is 0 Å². The molecule has 1 aliphatic heterocycles. The first kappa shape index (κ1) is 9.91. The van der Waals surface area contributed by atoms with E-state index in [-0.39, 0.29) is 24.1 Å². The molecule has 1 aliphatic rings. The summed E-state index contributed by atoms with van der Waals surface area (Å²) in [6, 6.07) is 0.497. The van der Waals surface area contributed by atoms with E-state index in [0.29, 0.717) is 6.61 Å². The van der Waals surface area contributed by atoms with E-state index < -0.39 is 0 Å². The molecular weight excluding hydrogens is 202 g/mol. The average molecular weight is 213 g/mol. The fourth-order valence-corrected chi connectivity index (χ4v) is 0.899. The minimum atomic E-state index is 0.152. The summed E-state index contributed by atoms with van der Waals surface area (Å²) in [6.07, 6.45) is 0.152. The van der Waals surface area contributed by atoms with Crippen molar-refractivity contribution in [2.75, 3.05) is 27.4 Å². The van der Waals surface area contributed by atoms with Crippen molar-refractivity contribution in [1.29, 1.82) is 0 Å². The maximum absolute atomic E-state index is 5.27. The zero-order valence-corrected chi connectivity index (χ0v) is 8.47. The number of nitrogens with zero attached hydrogens (tertiary/aromatic N) is 3. The lowest BCUT2D eigenvalue weighted by Gasteiger charge is -2.05. The third-order valence-electron chi connectivity index (χ3n) is 1.74. The molecule has 0 spiro atoms. The molecule has 7 nitrogen and oxygen atoms in total. The third-order valence-corrected chi connectivity index (χ3v) is 1.74. The summed E-state index contributed by atoms with van der Waals surface area (Å²) in [5.41, 5.74) is 0. The van der Waals surface area contributed by atoms with Crippen LogP contribution in [0.15, 0.2) is 0 Å². The maximum atomic E-state index is 5.27. The fraction of sp³-hybridized carbons (Fsp3) is 0.625. The smallest absolute Gasteiger partial charge is 0.325 e. The van der Waals surface area contributed by atoms with Gasteiger partial charge in [0.2, 0.25) is 0 Å². The second-order valence-electron chi connectivity index (χ2n) is 2.86. The molecule has 0 radical (unpaired) electrons. The van der Waals surface area contributed by atoms with Crippen LogP contribution in [0.3, 0.4) is 0 Å². The monoisotopic (exact) mass is 213 g/mol. The maximum Gasteiger partial charge on any atom is 0.325 e. The third kappa shape index (κ3) is 2.66. The second-order valence-corrected chi connectivity index (χ2v) is 2.86. The molecule has 2 rings (SSSR count). The predicted octanol–water partition coefficient (Wildman–Crippen LogP) is -0.334. The van der Waals surface area contributed by atoms with Crippen LogP contribution in [0.5, 0.6) is 18.0 Å². The first-order valence-electron chi connectivity index (χ1n) is 4.40. The van der Waals surface area contributed by atoms with Crippen molar-refractivity contribution in [3.05, 3.63) is 0 Å². The Kier molecular flexibility index (Phi) is 2.82. The molecule has 15 heavy (non-hydrogen) atoms. The summed E-state index contributed by atoms with van der Waals surface area (Å²) in [5.74, 6) is 0. The lowest BCUT2D eigenvalue weighted by molar-refractivity contribution is 0.234. The van der Waals surface area contributed by atoms with Crippen LogP contribution in [-0.4, -0.2) is 48.5 Å². The summed E-state index contributed by atoms with van der Waals surface area (Å²) in [4.78, 5) is 11.6. The molecule has 82 valence electrons. The van der Waals surface area contributed by atoms with Crippen molar-refractivity contribution < 1.29 is 18.9 Å². The highest BCUT2D eigenvalue weighted by Gasteiger charge is 2.24. The van der Waals surface area contributed by atoms with E-state index in [4.69, 9.17) is 18.9 Å². The minimum Gasteiger partial charge on any atom is -0.467 e. The molecule has 1 saturated heterocycles. The highest BCUT2D eigenvalue weighted by atomic mass is 16.6. The van der Waals surface area contributed by atoms with Crippen molar-refractivity contribution in [2.24, 2.45) is 0 Å². The van der Waals surface area contributed by atoms with Crippen molar-refractivity contribution in [3.63, 3.8) is 0 Å². The highest BCUT2D eigenvalue weighted by molar-refractivity contribution is 5.08. The largest absolute Gasteiger partial charge is 0.467 e. The molecule has 7 heteroatoms. The summed E-state index contributed by atoms with van der Waals surface area (Å²) in [6.45, 7) is 1.15. The lowest BCUT2D eigenvalue weighted by Crippen LogP contribution is -2.08. The number of methoxy groups -OCH3 is 2. The lowest BCUT2D eigenvalue weighted by atomic mass is 10.5. The number of ether oxygens (including phenoxy) is 4. The van der Waals surface area contributed by atoms with Crippen molar-refractivity contribution in [1.82, 2.24) is 15.0 Å². The molecule has 0 aromatic carbocycles. The Balaban J connectivity index is 2.06. The van der Waals surface area contributed by atoms with E-state index in [2.05, 4.69) is 15.0 Å². The van der Waals surface area contributed by atoms with Crippen LogP contribution in [0.4, 0.5) is 0 Å². The predicted molar refractivity (Wildman–Crippen MR) is 48.2 cm³/mol. The van der Waals surface area contributed by atoms with Crippen molar-refractivity contribution in [3.8, 4) is 18.0 Å². The van der Waals surface area contributed by atoms with Crippen LogP contribution in [-0.2, 0) is 4.74 Å². The summed E-state index contributed by atoms with van der Waals surface area (Å²) >= 11 is 0. The number of epoxide rings is 1. The van der Waals surface area contributed by atoms with Gasteiger partial charge in [-0.05, 0) is 0 Å². The normalized spacial score (nSPS) is 18.4. The van der Waals surface area contributed by atoms with E-state index in [0.717, 1.165) is 6.61 Å². The van der Waals surface area contributed by atoms with Gasteiger partial charge < -0.3 is 18.9 Å². The first-order valence-corrected chi connectivity index (χ1v) is 4.40. The van der Waals surface area contributed by atoms with Crippen LogP contribution in [0.2, 0.25) is 0 Å². The van der Waals surface area contributed by atoms with Crippen LogP contribution < -0.4 is 14.2 Å². The Morgan fingerprint density at radius 3 is 2.13 bits per heavy atom. The Labute approximate surface area is 86.4 Å². The minimum absolute atomic E-state index is 0.152. The summed E-state index contributed by atoms with van der Waals surface area (Å²) in [5, 5.41) is 0. The molecule has 0 saturated carbocycles. The Hall–Kier alpha value is -1.63. The van der Waals surface area contributed by atoms with Gasteiger partial charge in [-0.15, -0.1) is 15.0 Å². The van der Waals surface area contributed by atoms with Gasteiger partial charge in [0.05, 0.1) is 20.8 Å². The van der Waals surface area contributed by atoms with Gasteiger partial charge in [-0.3, -0.25) is 0 Å². The van der Waals surface area contributed by atoms with E-state index in [1.165, 1.54) is 14.2 Å². The standard InChI is InChI=1S/C8H11N3O4/c1-12-6-9-7(13-2)11-8(10-6)15-4-5-3-14-5/h5H,3-4H2,1-2H3. The summed E-state index contributed by atoms with van der Waals surface area (Å²) < 4.78 is 20.0. The van der Waals surface area contributed by atoms with Gasteiger partial charge in [-0.1, -0.05) is 0 Å². The molecule has 0 bridgehead atoms. The first-order chi connectivity index (χ1) is 7.31. The topological polar surface area (TPSA) is 78.9 Å². The molecular formula is C8H11N3O4. The Bertz CT molecular complexity index is 320. The van der Waals surface area contributed by atoms with E-state index in [1.54, 1.807) is 0 Å². The molecule has 2 heterocycles. The van der Waals surface area contributed by atoms with E-state index in [1.807, 2.05) is 0 Å². The van der Waals surface area contributed by atoms with Gasteiger partial charge in [-0.25, -0.2) is 0 Å². The molecule has 0 N–H and O–H groups in total. The molecule has 1 unspecified atom stereocenters. The van der Waals surface area contributed by atoms with Gasteiger partial charge >= 0.3 is 18.0 Å². The molecule has 0 aliphatic carbocycles. The van der Waals surface area contributed by atoms with E-state index >= 15 is 0 Å². The SMILES string of the molecule is COc1nc(OC)nc(OCC2CO2)n1. The fourth-order valence-electron chi connectivity index (χ4n) is 0.899. The quantitative estimate of drug-likeness (QED) is 0.619. The number of aromatic nitrogens is 3. The number of rotatable bonds is 5. The van der Waals surface area contributed by atoms with Gasteiger partial charge in [0.25, 0.3) is 0 Å². The summed E-state index contributed by atoms with van der Waals surface area (Å²) in [7, 11) is 2.92. The zero-order chi connectivity index (χ0) is 10.7. The van der Waals surface area contributed by atoms with Crippen LogP contribution in [0.25, 0.3) is 0 Å². The number of hydrogen-bond acceptors (Lipinski definition) is 7. The zero-order valence-electron chi connectivity index (χ0n) is 8.47. The molecule has 0 amide bonds. The van der Waals surface area contributed by atoms with Gasteiger partial charge in [-0.2, -0.15) is 0 Å². The van der Waals surface area contributed by atoms with Gasteiger partial charge in [0.1, 0.15) is 12.7 Å². The Morgan fingerprint density at radius 1 is 1.13 bits per heavy atom. The number of hydrogen-bond donors (Lipinski definition) is 0. The second kappa shape index (κ2) is 4.26. The highest BCUT2D eigenvalue weighted by Crippen LogP contribution is 2.15. The molecule has 1 atom stereocenters. The van der Waals surface area contributed by atoms with Crippen molar-refractivity contribution >= 4 is 0 Å². The van der Waals surface area contributed by atoms with E-state index in [9.17, 15) is 0 Å². The molecule has 1 fully saturated rings. The van der Waals surface area contributed by atoms with Crippen LogP contribution in [0.1, 0.15) is 0 Å². The van der Waals surface area contributed by atoms with Crippen LogP contribution in [0, 0.1) is 0 Å². The average Bonchev–Trinajstić information content (AvgIpc) is 3.09. The van der Waals surface area contributed by atoms with Crippen LogP contribution >= 0.6 is 0 Å². The van der Waals surface area contributed by atoms with Gasteiger partial charge in [0, 0.05) is 0 Å². The van der Waals surface area contributed by atoms with Crippen molar-refractivity contribution in [2.45, 2.75) is 6.10 Å². The molecule has 1 aromatic heterocycles. The Morgan fingerprint density at radius 2 is 1.67 bits per heavy atom. The molecule has 1 aromatic rings.